The van der Waals surface area contributed by atoms with Gasteiger partial charge in [-0.05, 0) is 0 Å². The molecule has 0 aromatic rings. The first kappa shape index (κ1) is 8.95. The van der Waals surface area contributed by atoms with Crippen molar-refractivity contribution < 1.29 is 9.59 Å². The number of urea groups is 1. The van der Waals surface area contributed by atoms with Crippen LogP contribution in [0.25, 0.3) is 0 Å². The van der Waals surface area contributed by atoms with Crippen LogP contribution in [0.1, 0.15) is 0 Å². The summed E-state index contributed by atoms with van der Waals surface area (Å²) < 4.78 is 0. The van der Waals surface area contributed by atoms with E-state index in [0.29, 0.717) is 13.0 Å². The van der Waals surface area contributed by atoms with E-state index < -0.39 is 0 Å². The standard InChI is InChI=1S/C6H12N4O2/c11-4-2-8-6(12)9-10-3-1-7-5-10/h4,7H,1-3,5H2,(H2,8,9,12). The molecule has 1 aliphatic heterocycles. The minimum absolute atomic E-state index is 0.0487. The SMILES string of the molecule is O=CCNC(=O)NN1CCNC1. The molecule has 6 nitrogen and oxygen atoms in total. The predicted octanol–water partition coefficient (Wildman–Crippen LogP) is -1.74. The fourth-order valence-electron chi connectivity index (χ4n) is 0.920. The lowest BCUT2D eigenvalue weighted by molar-refractivity contribution is -0.107. The van der Waals surface area contributed by atoms with Crippen LogP contribution in [-0.4, -0.2) is 43.6 Å². The zero-order valence-corrected chi connectivity index (χ0v) is 6.67. The Balaban J connectivity index is 2.11. The maximum Gasteiger partial charge on any atom is 0.329 e. The van der Waals surface area contributed by atoms with E-state index in [0.717, 1.165) is 13.1 Å². The van der Waals surface area contributed by atoms with Gasteiger partial charge in [-0.15, -0.1) is 0 Å². The summed E-state index contributed by atoms with van der Waals surface area (Å²) >= 11 is 0. The number of carbonyl (C=O) groups is 2. The van der Waals surface area contributed by atoms with Crippen molar-refractivity contribution in [1.82, 2.24) is 21.1 Å². The molecular weight excluding hydrogens is 160 g/mol. The number of hydrogen-bond donors (Lipinski definition) is 3. The number of nitrogens with one attached hydrogen (secondary N) is 3. The third-order valence-corrected chi connectivity index (χ3v) is 1.47. The van der Waals surface area contributed by atoms with Gasteiger partial charge in [0.1, 0.15) is 6.29 Å². The van der Waals surface area contributed by atoms with Crippen LogP contribution in [0.5, 0.6) is 0 Å². The Kier molecular flexibility index (Phi) is 3.49. The first-order valence-electron chi connectivity index (χ1n) is 3.76. The quantitative estimate of drug-likeness (QED) is 0.442. The number of hydrogen-bond acceptors (Lipinski definition) is 4. The Morgan fingerprint density at radius 1 is 1.67 bits per heavy atom. The Hall–Kier alpha value is -1.14. The molecule has 3 N–H and O–H groups in total. The van der Waals surface area contributed by atoms with E-state index in [9.17, 15) is 9.59 Å². The molecule has 0 radical (unpaired) electrons. The van der Waals surface area contributed by atoms with Gasteiger partial charge in [0.2, 0.25) is 0 Å². The number of hydrazine groups is 1. The third-order valence-electron chi connectivity index (χ3n) is 1.47. The lowest BCUT2D eigenvalue weighted by Crippen LogP contribution is -2.46. The minimum atomic E-state index is -0.342. The van der Waals surface area contributed by atoms with Crippen LogP contribution in [0.15, 0.2) is 0 Å². The predicted molar refractivity (Wildman–Crippen MR) is 42.2 cm³/mol. The highest BCUT2D eigenvalue weighted by Gasteiger charge is 2.12. The van der Waals surface area contributed by atoms with Crippen molar-refractivity contribution >= 4 is 12.3 Å². The molecule has 0 atom stereocenters. The zero-order valence-electron chi connectivity index (χ0n) is 6.67. The summed E-state index contributed by atoms with van der Waals surface area (Å²) in [7, 11) is 0. The highest BCUT2D eigenvalue weighted by atomic mass is 16.2. The largest absolute Gasteiger partial charge is 0.330 e. The molecule has 0 saturated carbocycles. The molecule has 0 spiro atoms. The highest BCUT2D eigenvalue weighted by molar-refractivity contribution is 5.75. The summed E-state index contributed by atoms with van der Waals surface area (Å²) in [5, 5.41) is 7.16. The number of rotatable bonds is 3. The molecule has 1 aliphatic rings. The highest BCUT2D eigenvalue weighted by Crippen LogP contribution is 1.85. The molecule has 0 aromatic heterocycles. The lowest BCUT2D eigenvalue weighted by Gasteiger charge is -2.14. The molecule has 68 valence electrons. The normalized spacial score (nSPS) is 17.3. The van der Waals surface area contributed by atoms with Gasteiger partial charge in [0.15, 0.2) is 0 Å². The topological polar surface area (TPSA) is 73.5 Å². The van der Waals surface area contributed by atoms with E-state index >= 15 is 0 Å². The maximum absolute atomic E-state index is 10.9. The molecule has 0 unspecified atom stereocenters. The molecule has 6 heteroatoms. The van der Waals surface area contributed by atoms with Gasteiger partial charge in [0, 0.05) is 13.1 Å². The summed E-state index contributed by atoms with van der Waals surface area (Å²) in [6, 6.07) is -0.342. The molecule has 2 amide bonds. The van der Waals surface area contributed by atoms with E-state index in [1.165, 1.54) is 0 Å². The van der Waals surface area contributed by atoms with Crippen LogP contribution in [0.4, 0.5) is 4.79 Å². The Morgan fingerprint density at radius 3 is 3.08 bits per heavy atom. The van der Waals surface area contributed by atoms with Crippen molar-refractivity contribution in [2.45, 2.75) is 0 Å². The van der Waals surface area contributed by atoms with E-state index in [1.54, 1.807) is 5.01 Å². The van der Waals surface area contributed by atoms with Crippen LogP contribution < -0.4 is 16.1 Å². The number of carbonyl (C=O) groups excluding carboxylic acids is 2. The molecule has 0 bridgehead atoms. The summed E-state index contributed by atoms with van der Waals surface area (Å²) in [4.78, 5) is 20.8. The molecule has 0 aromatic carbocycles. The monoisotopic (exact) mass is 172 g/mol. The number of amides is 2. The van der Waals surface area contributed by atoms with Gasteiger partial charge in [0.05, 0.1) is 13.2 Å². The molecule has 1 heterocycles. The Labute approximate surface area is 70.3 Å². The Bertz CT molecular complexity index is 167. The second kappa shape index (κ2) is 4.68. The summed E-state index contributed by atoms with van der Waals surface area (Å²) in [5.41, 5.74) is 2.58. The van der Waals surface area contributed by atoms with Gasteiger partial charge in [-0.1, -0.05) is 0 Å². The van der Waals surface area contributed by atoms with Gasteiger partial charge in [-0.3, -0.25) is 5.43 Å². The average molecular weight is 172 g/mol. The molecular formula is C6H12N4O2. The maximum atomic E-state index is 10.9. The van der Waals surface area contributed by atoms with Gasteiger partial charge in [-0.25, -0.2) is 9.80 Å². The van der Waals surface area contributed by atoms with Crippen LogP contribution in [-0.2, 0) is 4.79 Å². The second-order valence-corrected chi connectivity index (χ2v) is 2.41. The van der Waals surface area contributed by atoms with Crippen LogP contribution >= 0.6 is 0 Å². The van der Waals surface area contributed by atoms with E-state index in [-0.39, 0.29) is 12.6 Å². The third kappa shape index (κ3) is 2.85. The molecule has 1 fully saturated rings. The van der Waals surface area contributed by atoms with Crippen LogP contribution in [0, 0.1) is 0 Å². The van der Waals surface area contributed by atoms with Gasteiger partial charge in [-0.2, -0.15) is 0 Å². The van der Waals surface area contributed by atoms with Gasteiger partial charge >= 0.3 is 6.03 Å². The van der Waals surface area contributed by atoms with Gasteiger partial charge < -0.3 is 15.4 Å². The van der Waals surface area contributed by atoms with Crippen molar-refractivity contribution in [3.05, 3.63) is 0 Å². The zero-order chi connectivity index (χ0) is 8.81. The molecule has 0 aliphatic carbocycles. The first-order chi connectivity index (χ1) is 5.83. The molecule has 1 rings (SSSR count). The average Bonchev–Trinajstić information content (AvgIpc) is 2.53. The Morgan fingerprint density at radius 2 is 2.50 bits per heavy atom. The first-order valence-corrected chi connectivity index (χ1v) is 3.76. The number of aldehydes is 1. The smallest absolute Gasteiger partial charge is 0.329 e. The minimum Gasteiger partial charge on any atom is -0.330 e. The van der Waals surface area contributed by atoms with Gasteiger partial charge in [0.25, 0.3) is 0 Å². The molecule has 12 heavy (non-hydrogen) atoms. The van der Waals surface area contributed by atoms with E-state index in [2.05, 4.69) is 16.1 Å². The summed E-state index contributed by atoms with van der Waals surface area (Å²) in [5.74, 6) is 0. The van der Waals surface area contributed by atoms with Crippen LogP contribution in [0.3, 0.4) is 0 Å². The lowest BCUT2D eigenvalue weighted by atomic mass is 10.7. The fourth-order valence-corrected chi connectivity index (χ4v) is 0.920. The van der Waals surface area contributed by atoms with Crippen molar-refractivity contribution in [2.24, 2.45) is 0 Å². The summed E-state index contributed by atoms with van der Waals surface area (Å²) in [6.07, 6.45) is 0.641. The van der Waals surface area contributed by atoms with E-state index in [4.69, 9.17) is 0 Å². The van der Waals surface area contributed by atoms with Crippen molar-refractivity contribution in [3.63, 3.8) is 0 Å². The van der Waals surface area contributed by atoms with Crippen molar-refractivity contribution in [2.75, 3.05) is 26.3 Å². The number of nitrogens with zero attached hydrogens (tertiary/aromatic N) is 1. The summed E-state index contributed by atoms with van der Waals surface area (Å²) in [6.45, 7) is 2.35. The second-order valence-electron chi connectivity index (χ2n) is 2.41. The van der Waals surface area contributed by atoms with Crippen molar-refractivity contribution in [3.8, 4) is 0 Å². The van der Waals surface area contributed by atoms with E-state index in [1.807, 2.05) is 0 Å². The molecule has 1 saturated heterocycles. The fraction of sp³-hybridized carbons (Fsp3) is 0.667. The van der Waals surface area contributed by atoms with Crippen molar-refractivity contribution in [1.29, 1.82) is 0 Å². The van der Waals surface area contributed by atoms with Crippen LogP contribution in [0.2, 0.25) is 0 Å².